The Kier molecular flexibility index (Phi) is 9.93. The van der Waals surface area contributed by atoms with Crippen molar-refractivity contribution in [2.24, 2.45) is 0 Å². The van der Waals surface area contributed by atoms with Crippen molar-refractivity contribution < 1.29 is 23.9 Å². The molecule has 0 bridgehead atoms. The highest BCUT2D eigenvalue weighted by atomic mass is 16.6. The predicted molar refractivity (Wildman–Crippen MR) is 102 cm³/mol. The molecule has 0 heterocycles. The molecule has 1 aromatic rings. The lowest BCUT2D eigenvalue weighted by Gasteiger charge is -2.28. The van der Waals surface area contributed by atoms with Gasteiger partial charge in [0.1, 0.15) is 18.7 Å². The predicted octanol–water partition coefficient (Wildman–Crippen LogP) is 2.88. The van der Waals surface area contributed by atoms with Crippen molar-refractivity contribution in [1.29, 1.82) is 0 Å². The van der Waals surface area contributed by atoms with E-state index in [2.05, 4.69) is 17.0 Å². The zero-order valence-electron chi connectivity index (χ0n) is 16.6. The van der Waals surface area contributed by atoms with E-state index < -0.39 is 30.1 Å². The number of amides is 2. The second kappa shape index (κ2) is 11.9. The standard InChI is InChI=1S/C20H30N2O5/c1-5-6-10-13-22(16(3)18(23)21-15(2)19(24)26-4)20(25)27-14-17-11-8-7-9-12-17/h7-9,11-12,15-16H,5-6,10,13-14H2,1-4H3,(H,21,23). The molecule has 1 aromatic carbocycles. The number of ether oxygens (including phenoxy) is 2. The number of nitrogens with one attached hydrogen (secondary N) is 1. The topological polar surface area (TPSA) is 84.9 Å². The van der Waals surface area contributed by atoms with Crippen LogP contribution in [0.3, 0.4) is 0 Å². The van der Waals surface area contributed by atoms with E-state index in [4.69, 9.17) is 4.74 Å². The van der Waals surface area contributed by atoms with Gasteiger partial charge in [-0.05, 0) is 25.8 Å². The fourth-order valence-corrected chi connectivity index (χ4v) is 2.49. The first kappa shape index (κ1) is 22.5. The molecule has 0 saturated carbocycles. The Bertz CT molecular complexity index is 606. The van der Waals surface area contributed by atoms with Crippen LogP contribution in [0.25, 0.3) is 0 Å². The zero-order valence-corrected chi connectivity index (χ0v) is 16.6. The molecule has 150 valence electrons. The molecule has 1 rings (SSSR count). The van der Waals surface area contributed by atoms with Crippen molar-refractivity contribution in [2.75, 3.05) is 13.7 Å². The summed E-state index contributed by atoms with van der Waals surface area (Å²) in [6.07, 6.45) is 2.15. The number of esters is 1. The van der Waals surface area contributed by atoms with Gasteiger partial charge in [0.2, 0.25) is 5.91 Å². The Hall–Kier alpha value is -2.57. The Morgan fingerprint density at radius 3 is 2.37 bits per heavy atom. The van der Waals surface area contributed by atoms with Crippen molar-refractivity contribution in [3.63, 3.8) is 0 Å². The molecule has 27 heavy (non-hydrogen) atoms. The lowest BCUT2D eigenvalue weighted by Crippen LogP contribution is -2.51. The summed E-state index contributed by atoms with van der Waals surface area (Å²) < 4.78 is 9.99. The molecule has 0 spiro atoms. The number of hydrogen-bond donors (Lipinski definition) is 1. The molecule has 7 heteroatoms. The van der Waals surface area contributed by atoms with Gasteiger partial charge in [0.15, 0.2) is 0 Å². The van der Waals surface area contributed by atoms with Crippen molar-refractivity contribution in [3.8, 4) is 0 Å². The van der Waals surface area contributed by atoms with Crippen LogP contribution in [-0.4, -0.2) is 48.6 Å². The Morgan fingerprint density at radius 2 is 1.78 bits per heavy atom. The van der Waals surface area contributed by atoms with Gasteiger partial charge in [-0.15, -0.1) is 0 Å². The molecule has 0 aliphatic rings. The van der Waals surface area contributed by atoms with Gasteiger partial charge < -0.3 is 14.8 Å². The van der Waals surface area contributed by atoms with Crippen LogP contribution in [0.1, 0.15) is 45.6 Å². The molecule has 7 nitrogen and oxygen atoms in total. The summed E-state index contributed by atoms with van der Waals surface area (Å²) in [7, 11) is 1.26. The van der Waals surface area contributed by atoms with Gasteiger partial charge in [0.05, 0.1) is 7.11 Å². The van der Waals surface area contributed by atoms with Gasteiger partial charge in [-0.25, -0.2) is 9.59 Å². The maximum Gasteiger partial charge on any atom is 0.410 e. The summed E-state index contributed by atoms with van der Waals surface area (Å²) in [6.45, 7) is 5.76. The van der Waals surface area contributed by atoms with E-state index in [0.717, 1.165) is 24.8 Å². The molecule has 1 N–H and O–H groups in total. The molecule has 0 aliphatic carbocycles. The Morgan fingerprint density at radius 1 is 1.11 bits per heavy atom. The first-order valence-corrected chi connectivity index (χ1v) is 9.26. The van der Waals surface area contributed by atoms with Gasteiger partial charge in [-0.1, -0.05) is 50.1 Å². The van der Waals surface area contributed by atoms with E-state index in [0.29, 0.717) is 6.54 Å². The third-order valence-corrected chi connectivity index (χ3v) is 4.20. The van der Waals surface area contributed by atoms with Crippen molar-refractivity contribution in [3.05, 3.63) is 35.9 Å². The number of methoxy groups -OCH3 is 1. The molecule has 2 amide bonds. The van der Waals surface area contributed by atoms with Crippen molar-refractivity contribution in [2.45, 2.75) is 58.7 Å². The van der Waals surface area contributed by atoms with Crippen LogP contribution in [-0.2, 0) is 25.7 Å². The van der Waals surface area contributed by atoms with Crippen molar-refractivity contribution in [1.82, 2.24) is 10.2 Å². The van der Waals surface area contributed by atoms with E-state index in [-0.39, 0.29) is 6.61 Å². The van der Waals surface area contributed by atoms with Crippen LogP contribution in [0, 0.1) is 0 Å². The zero-order chi connectivity index (χ0) is 20.2. The average molecular weight is 378 g/mol. The highest BCUT2D eigenvalue weighted by Gasteiger charge is 2.28. The third kappa shape index (κ3) is 7.68. The van der Waals surface area contributed by atoms with Gasteiger partial charge in [0, 0.05) is 6.54 Å². The fourth-order valence-electron chi connectivity index (χ4n) is 2.49. The van der Waals surface area contributed by atoms with E-state index in [9.17, 15) is 14.4 Å². The second-order valence-corrected chi connectivity index (χ2v) is 6.37. The SMILES string of the molecule is CCCCCN(C(=O)OCc1ccccc1)C(C)C(=O)NC(C)C(=O)OC. The smallest absolute Gasteiger partial charge is 0.410 e. The van der Waals surface area contributed by atoms with E-state index in [1.807, 2.05) is 30.3 Å². The minimum atomic E-state index is -0.789. The minimum Gasteiger partial charge on any atom is -0.467 e. The summed E-state index contributed by atoms with van der Waals surface area (Å²) in [6, 6.07) is 7.79. The first-order valence-electron chi connectivity index (χ1n) is 9.26. The maximum absolute atomic E-state index is 12.6. The second-order valence-electron chi connectivity index (χ2n) is 6.37. The molecule has 0 saturated heterocycles. The summed E-state index contributed by atoms with van der Waals surface area (Å²) >= 11 is 0. The normalized spacial score (nSPS) is 12.6. The summed E-state index contributed by atoms with van der Waals surface area (Å²) in [5, 5.41) is 2.57. The van der Waals surface area contributed by atoms with Gasteiger partial charge in [-0.2, -0.15) is 0 Å². The number of hydrogen-bond acceptors (Lipinski definition) is 5. The van der Waals surface area contributed by atoms with Gasteiger partial charge in [-0.3, -0.25) is 9.69 Å². The van der Waals surface area contributed by atoms with Crippen LogP contribution in [0.15, 0.2) is 30.3 Å². The molecule has 0 aromatic heterocycles. The van der Waals surface area contributed by atoms with Crippen LogP contribution < -0.4 is 5.32 Å². The number of unbranched alkanes of at least 4 members (excludes halogenated alkanes) is 2. The Balaban J connectivity index is 2.73. The fraction of sp³-hybridized carbons (Fsp3) is 0.550. The molecule has 0 aliphatic heterocycles. The van der Waals surface area contributed by atoms with Crippen LogP contribution in [0.4, 0.5) is 4.79 Å². The summed E-state index contributed by atoms with van der Waals surface area (Å²) in [4.78, 5) is 37.9. The molecule has 2 unspecified atom stereocenters. The highest BCUT2D eigenvalue weighted by molar-refractivity contribution is 5.89. The third-order valence-electron chi connectivity index (χ3n) is 4.20. The van der Waals surface area contributed by atoms with E-state index >= 15 is 0 Å². The Labute approximate surface area is 161 Å². The first-order chi connectivity index (χ1) is 12.9. The largest absolute Gasteiger partial charge is 0.467 e. The minimum absolute atomic E-state index is 0.136. The highest BCUT2D eigenvalue weighted by Crippen LogP contribution is 2.10. The maximum atomic E-state index is 12.6. The molecule has 0 fully saturated rings. The summed E-state index contributed by atoms with van der Waals surface area (Å²) in [5.41, 5.74) is 0.871. The van der Waals surface area contributed by atoms with E-state index in [1.165, 1.54) is 18.9 Å². The molecule has 0 radical (unpaired) electrons. The van der Waals surface area contributed by atoms with Crippen LogP contribution >= 0.6 is 0 Å². The number of carbonyl (C=O) groups excluding carboxylic acids is 3. The number of nitrogens with zero attached hydrogens (tertiary/aromatic N) is 1. The lowest BCUT2D eigenvalue weighted by molar-refractivity contribution is -0.145. The number of rotatable bonds is 10. The monoisotopic (exact) mass is 378 g/mol. The number of benzene rings is 1. The van der Waals surface area contributed by atoms with Crippen LogP contribution in [0.5, 0.6) is 0 Å². The molecule has 2 atom stereocenters. The molecular formula is C20H30N2O5. The quantitative estimate of drug-likeness (QED) is 0.500. The van der Waals surface area contributed by atoms with Crippen molar-refractivity contribution >= 4 is 18.0 Å². The van der Waals surface area contributed by atoms with Gasteiger partial charge in [0.25, 0.3) is 0 Å². The van der Waals surface area contributed by atoms with E-state index in [1.54, 1.807) is 6.92 Å². The lowest BCUT2D eigenvalue weighted by atomic mass is 10.2. The van der Waals surface area contributed by atoms with Gasteiger partial charge >= 0.3 is 12.1 Å². The summed E-state index contributed by atoms with van der Waals surface area (Å²) in [5.74, 6) is -0.971. The van der Waals surface area contributed by atoms with Crippen LogP contribution in [0.2, 0.25) is 0 Å². The number of carbonyl (C=O) groups is 3. The molecular weight excluding hydrogens is 348 g/mol. The average Bonchev–Trinajstić information content (AvgIpc) is 2.69.